The van der Waals surface area contributed by atoms with Crippen molar-refractivity contribution in [2.75, 3.05) is 5.48 Å². The Bertz CT molecular complexity index is 780. The molecule has 0 aliphatic carbocycles. The molecule has 0 bridgehead atoms. The van der Waals surface area contributed by atoms with Crippen LogP contribution in [0, 0.1) is 0 Å². The lowest BCUT2D eigenvalue weighted by Gasteiger charge is -2.04. The Balaban J connectivity index is 1.85. The maximum atomic E-state index is 11.9. The van der Waals surface area contributed by atoms with Crippen LogP contribution in [-0.2, 0) is 6.54 Å². The van der Waals surface area contributed by atoms with Gasteiger partial charge in [0, 0.05) is 0 Å². The highest BCUT2D eigenvalue weighted by molar-refractivity contribution is 8.00. The molecular formula is C12H11N5O2S2. The standard InChI is InChI=1S/C12H11N5O2S2/c18-10-14-15-11(21-12-13-6-9(16-19)20-12)17(10)7-8-4-2-1-3-5-8/h1-6,16,19H,7H2,(H,14,18). The molecule has 3 aromatic rings. The van der Waals surface area contributed by atoms with Crippen molar-refractivity contribution >= 4 is 28.1 Å². The van der Waals surface area contributed by atoms with Crippen LogP contribution in [0.25, 0.3) is 0 Å². The molecule has 0 amide bonds. The molecular weight excluding hydrogens is 310 g/mol. The maximum absolute atomic E-state index is 11.9. The number of aromatic nitrogens is 4. The minimum Gasteiger partial charge on any atom is -0.290 e. The van der Waals surface area contributed by atoms with E-state index in [1.165, 1.54) is 29.3 Å². The highest BCUT2D eigenvalue weighted by Gasteiger charge is 2.12. The molecule has 2 heterocycles. The third-order valence-corrected chi connectivity index (χ3v) is 4.65. The van der Waals surface area contributed by atoms with E-state index in [0.29, 0.717) is 21.0 Å². The molecule has 3 rings (SSSR count). The monoisotopic (exact) mass is 321 g/mol. The van der Waals surface area contributed by atoms with Gasteiger partial charge in [-0.2, -0.15) is 0 Å². The van der Waals surface area contributed by atoms with Crippen molar-refractivity contribution < 1.29 is 5.21 Å². The van der Waals surface area contributed by atoms with Gasteiger partial charge in [-0.15, -0.1) is 5.10 Å². The molecule has 0 atom stereocenters. The molecule has 0 spiro atoms. The number of H-pyrrole nitrogens is 1. The number of rotatable bonds is 5. The fourth-order valence-electron chi connectivity index (χ4n) is 1.72. The van der Waals surface area contributed by atoms with Crippen LogP contribution >= 0.6 is 23.1 Å². The van der Waals surface area contributed by atoms with E-state index in [0.717, 1.165) is 5.56 Å². The average molecular weight is 321 g/mol. The number of aromatic amines is 1. The van der Waals surface area contributed by atoms with Gasteiger partial charge in [-0.3, -0.25) is 15.3 Å². The Morgan fingerprint density at radius 2 is 2.19 bits per heavy atom. The summed E-state index contributed by atoms with van der Waals surface area (Å²) in [5.41, 5.74) is 2.79. The summed E-state index contributed by atoms with van der Waals surface area (Å²) in [5.74, 6) is 0. The van der Waals surface area contributed by atoms with Gasteiger partial charge in [0.1, 0.15) is 5.00 Å². The van der Waals surface area contributed by atoms with E-state index in [1.807, 2.05) is 35.8 Å². The van der Waals surface area contributed by atoms with E-state index in [1.54, 1.807) is 4.57 Å². The zero-order valence-electron chi connectivity index (χ0n) is 10.7. The number of benzene rings is 1. The Morgan fingerprint density at radius 1 is 1.38 bits per heavy atom. The van der Waals surface area contributed by atoms with Crippen LogP contribution in [0.1, 0.15) is 5.56 Å². The van der Waals surface area contributed by atoms with E-state index < -0.39 is 0 Å². The molecule has 0 unspecified atom stereocenters. The number of hydrogen-bond donors (Lipinski definition) is 3. The van der Waals surface area contributed by atoms with Crippen molar-refractivity contribution in [2.24, 2.45) is 0 Å². The second-order valence-electron chi connectivity index (χ2n) is 4.09. The van der Waals surface area contributed by atoms with Gasteiger partial charge in [0.15, 0.2) is 9.50 Å². The Morgan fingerprint density at radius 3 is 2.90 bits per heavy atom. The predicted octanol–water partition coefficient (Wildman–Crippen LogP) is 2.03. The summed E-state index contributed by atoms with van der Waals surface area (Å²) < 4.78 is 2.23. The summed E-state index contributed by atoms with van der Waals surface area (Å²) in [5, 5.41) is 16.3. The van der Waals surface area contributed by atoms with Crippen LogP contribution in [0.3, 0.4) is 0 Å². The SMILES string of the molecule is O=c1[nH]nc(Sc2ncc(NO)s2)n1Cc1ccccc1. The van der Waals surface area contributed by atoms with E-state index in [9.17, 15) is 4.79 Å². The second kappa shape index (κ2) is 6.12. The molecule has 0 aliphatic rings. The Labute approximate surface area is 127 Å². The summed E-state index contributed by atoms with van der Waals surface area (Å²) in [6, 6.07) is 9.67. The van der Waals surface area contributed by atoms with Crippen LogP contribution < -0.4 is 11.2 Å². The van der Waals surface area contributed by atoms with Crippen LogP contribution in [0.2, 0.25) is 0 Å². The number of nitrogens with one attached hydrogen (secondary N) is 2. The van der Waals surface area contributed by atoms with Crippen LogP contribution in [0.4, 0.5) is 5.00 Å². The van der Waals surface area contributed by atoms with Crippen molar-refractivity contribution in [1.29, 1.82) is 0 Å². The first-order valence-electron chi connectivity index (χ1n) is 5.99. The molecule has 0 saturated carbocycles. The molecule has 3 N–H and O–H groups in total. The molecule has 0 aliphatic heterocycles. The molecule has 0 fully saturated rings. The largest absolute Gasteiger partial charge is 0.344 e. The topological polar surface area (TPSA) is 95.8 Å². The van der Waals surface area contributed by atoms with Crippen LogP contribution in [-0.4, -0.2) is 25.0 Å². The summed E-state index contributed by atoms with van der Waals surface area (Å²) >= 11 is 2.54. The van der Waals surface area contributed by atoms with Gasteiger partial charge >= 0.3 is 5.69 Å². The summed E-state index contributed by atoms with van der Waals surface area (Å²) in [7, 11) is 0. The van der Waals surface area contributed by atoms with Crippen molar-refractivity contribution in [3.63, 3.8) is 0 Å². The fraction of sp³-hybridized carbons (Fsp3) is 0.0833. The van der Waals surface area contributed by atoms with Gasteiger partial charge in [0.2, 0.25) is 0 Å². The van der Waals surface area contributed by atoms with Crippen molar-refractivity contribution in [3.8, 4) is 0 Å². The lowest BCUT2D eigenvalue weighted by molar-refractivity contribution is 0.391. The van der Waals surface area contributed by atoms with Crippen molar-refractivity contribution in [3.05, 3.63) is 52.6 Å². The normalized spacial score (nSPS) is 10.7. The minimum absolute atomic E-state index is 0.265. The number of anilines is 1. The smallest absolute Gasteiger partial charge is 0.290 e. The molecule has 9 heteroatoms. The van der Waals surface area contributed by atoms with Gasteiger partial charge in [-0.25, -0.2) is 14.9 Å². The average Bonchev–Trinajstić information content (AvgIpc) is 3.10. The quantitative estimate of drug-likeness (QED) is 0.622. The molecule has 7 nitrogen and oxygen atoms in total. The molecule has 108 valence electrons. The van der Waals surface area contributed by atoms with Gasteiger partial charge in [-0.1, -0.05) is 41.7 Å². The number of nitrogens with zero attached hydrogens (tertiary/aromatic N) is 3. The Hall–Kier alpha value is -2.10. The fourth-order valence-corrected chi connectivity index (χ4v) is 3.44. The molecule has 2 aromatic heterocycles. The number of thiazole rings is 1. The third-order valence-electron chi connectivity index (χ3n) is 2.68. The highest BCUT2D eigenvalue weighted by atomic mass is 32.2. The van der Waals surface area contributed by atoms with Gasteiger partial charge in [-0.05, 0) is 17.3 Å². The third kappa shape index (κ3) is 3.15. The van der Waals surface area contributed by atoms with Gasteiger partial charge in [0.05, 0.1) is 12.7 Å². The van der Waals surface area contributed by atoms with Crippen molar-refractivity contribution in [1.82, 2.24) is 19.7 Å². The lowest BCUT2D eigenvalue weighted by atomic mass is 10.2. The Kier molecular flexibility index (Phi) is 4.04. The maximum Gasteiger partial charge on any atom is 0.344 e. The molecule has 0 radical (unpaired) electrons. The summed E-state index contributed by atoms with van der Waals surface area (Å²) in [6.45, 7) is 0.439. The van der Waals surface area contributed by atoms with Gasteiger partial charge < -0.3 is 0 Å². The van der Waals surface area contributed by atoms with Crippen LogP contribution in [0.15, 0.2) is 50.8 Å². The molecule has 0 saturated heterocycles. The van der Waals surface area contributed by atoms with Gasteiger partial charge in [0.25, 0.3) is 0 Å². The number of hydrogen-bond acceptors (Lipinski definition) is 7. The first-order chi connectivity index (χ1) is 10.3. The minimum atomic E-state index is -0.265. The first-order valence-corrected chi connectivity index (χ1v) is 7.62. The molecule has 1 aromatic carbocycles. The zero-order valence-corrected chi connectivity index (χ0v) is 12.3. The zero-order chi connectivity index (χ0) is 14.7. The molecule has 21 heavy (non-hydrogen) atoms. The van der Waals surface area contributed by atoms with E-state index in [4.69, 9.17) is 5.21 Å². The van der Waals surface area contributed by atoms with E-state index in [-0.39, 0.29) is 5.69 Å². The first kappa shape index (κ1) is 13.9. The highest BCUT2D eigenvalue weighted by Crippen LogP contribution is 2.31. The van der Waals surface area contributed by atoms with Crippen LogP contribution in [0.5, 0.6) is 0 Å². The van der Waals surface area contributed by atoms with E-state index >= 15 is 0 Å². The summed E-state index contributed by atoms with van der Waals surface area (Å²) in [6.07, 6.45) is 1.51. The van der Waals surface area contributed by atoms with E-state index in [2.05, 4.69) is 15.2 Å². The predicted molar refractivity (Wildman–Crippen MR) is 80.0 cm³/mol. The second-order valence-corrected chi connectivity index (χ2v) is 6.33. The summed E-state index contributed by atoms with van der Waals surface area (Å²) in [4.78, 5) is 16.0. The lowest BCUT2D eigenvalue weighted by Crippen LogP contribution is -2.18. The van der Waals surface area contributed by atoms with Crippen molar-refractivity contribution in [2.45, 2.75) is 16.0 Å².